The quantitative estimate of drug-likeness (QED) is 0.906. The van der Waals surface area contributed by atoms with Gasteiger partial charge in [-0.2, -0.15) is 0 Å². The third-order valence-corrected chi connectivity index (χ3v) is 4.73. The van der Waals surface area contributed by atoms with Crippen molar-refractivity contribution in [1.29, 1.82) is 0 Å². The first-order valence-corrected chi connectivity index (χ1v) is 8.57. The van der Waals surface area contributed by atoms with Crippen LogP contribution < -0.4 is 4.74 Å². The number of ether oxygens (including phenoxy) is 1. The average molecular weight is 319 g/mol. The molecular formula is C19H29NO3. The number of hydrogen-bond donors (Lipinski definition) is 1. The van der Waals surface area contributed by atoms with Crippen molar-refractivity contribution in [2.75, 3.05) is 13.7 Å². The molecule has 1 aromatic carbocycles. The summed E-state index contributed by atoms with van der Waals surface area (Å²) in [6.07, 6.45) is 3.33. The first-order chi connectivity index (χ1) is 10.9. The monoisotopic (exact) mass is 319 g/mol. The Bertz CT molecular complexity index is 541. The third-order valence-electron chi connectivity index (χ3n) is 4.73. The minimum Gasteiger partial charge on any atom is -0.483 e. The standard InChI is InChI=1S/C19H29NO3/c1-13(2)15-10-9-14(3)11-18(15)23-12-19(22)20(4)16-7-5-6-8-17(16)21/h9-11,13,16-17,21H,5-8,12H2,1-4H3/t16-,17-/m1/s1. The fourth-order valence-corrected chi connectivity index (χ4v) is 3.21. The molecule has 1 fully saturated rings. The van der Waals surface area contributed by atoms with Gasteiger partial charge >= 0.3 is 0 Å². The second kappa shape index (κ2) is 7.82. The third kappa shape index (κ3) is 4.47. The molecule has 0 unspecified atom stereocenters. The van der Waals surface area contributed by atoms with Gasteiger partial charge in [0.25, 0.3) is 5.91 Å². The summed E-state index contributed by atoms with van der Waals surface area (Å²) in [5.41, 5.74) is 2.23. The molecule has 0 aromatic heterocycles. The normalized spacial score (nSPS) is 21.3. The zero-order valence-corrected chi connectivity index (χ0v) is 14.7. The molecule has 0 bridgehead atoms. The van der Waals surface area contributed by atoms with Crippen LogP contribution in [0.15, 0.2) is 18.2 Å². The van der Waals surface area contributed by atoms with E-state index >= 15 is 0 Å². The molecule has 0 aliphatic heterocycles. The van der Waals surface area contributed by atoms with Crippen molar-refractivity contribution in [1.82, 2.24) is 4.90 Å². The molecule has 128 valence electrons. The van der Waals surface area contributed by atoms with Crippen LogP contribution in [0.4, 0.5) is 0 Å². The summed E-state index contributed by atoms with van der Waals surface area (Å²) in [7, 11) is 1.77. The van der Waals surface area contributed by atoms with Crippen LogP contribution in [0.5, 0.6) is 5.75 Å². The van der Waals surface area contributed by atoms with Gasteiger partial charge in [0, 0.05) is 7.05 Å². The highest BCUT2D eigenvalue weighted by atomic mass is 16.5. The predicted molar refractivity (Wildman–Crippen MR) is 91.8 cm³/mol. The van der Waals surface area contributed by atoms with Crippen molar-refractivity contribution >= 4 is 5.91 Å². The fraction of sp³-hybridized carbons (Fsp3) is 0.632. The zero-order valence-electron chi connectivity index (χ0n) is 14.7. The Morgan fingerprint density at radius 2 is 2.04 bits per heavy atom. The maximum atomic E-state index is 12.4. The van der Waals surface area contributed by atoms with Crippen LogP contribution in [0.3, 0.4) is 0 Å². The van der Waals surface area contributed by atoms with Gasteiger partial charge in [-0.1, -0.05) is 38.8 Å². The van der Waals surface area contributed by atoms with Crippen LogP contribution in [0.1, 0.15) is 56.6 Å². The lowest BCUT2D eigenvalue weighted by molar-refractivity contribution is -0.137. The second-order valence-electron chi connectivity index (χ2n) is 6.91. The Morgan fingerprint density at radius 3 is 2.70 bits per heavy atom. The molecule has 1 aromatic rings. The lowest BCUT2D eigenvalue weighted by Crippen LogP contribution is -2.47. The molecule has 0 saturated heterocycles. The molecule has 0 heterocycles. The number of benzene rings is 1. The molecule has 1 aliphatic rings. The van der Waals surface area contributed by atoms with E-state index in [0.717, 1.165) is 42.6 Å². The predicted octanol–water partition coefficient (Wildman–Crippen LogP) is 3.26. The van der Waals surface area contributed by atoms with E-state index in [-0.39, 0.29) is 18.6 Å². The lowest BCUT2D eigenvalue weighted by atomic mass is 9.91. The lowest BCUT2D eigenvalue weighted by Gasteiger charge is -2.35. The van der Waals surface area contributed by atoms with Crippen LogP contribution in [0.25, 0.3) is 0 Å². The summed E-state index contributed by atoms with van der Waals surface area (Å²) < 4.78 is 5.82. The van der Waals surface area contributed by atoms with Gasteiger partial charge in [-0.25, -0.2) is 0 Å². The van der Waals surface area contributed by atoms with Gasteiger partial charge in [0.1, 0.15) is 5.75 Å². The van der Waals surface area contributed by atoms with Gasteiger partial charge in [-0.05, 0) is 42.9 Å². The summed E-state index contributed by atoms with van der Waals surface area (Å²) in [6, 6.07) is 6.03. The number of rotatable bonds is 5. The molecule has 1 saturated carbocycles. The number of carbonyl (C=O) groups is 1. The Hall–Kier alpha value is -1.55. The highest BCUT2D eigenvalue weighted by Crippen LogP contribution is 2.28. The summed E-state index contributed by atoms with van der Waals surface area (Å²) in [5, 5.41) is 10.1. The van der Waals surface area contributed by atoms with Crippen molar-refractivity contribution in [3.05, 3.63) is 29.3 Å². The van der Waals surface area contributed by atoms with Crippen molar-refractivity contribution < 1.29 is 14.6 Å². The highest BCUT2D eigenvalue weighted by molar-refractivity contribution is 5.78. The fourth-order valence-electron chi connectivity index (χ4n) is 3.21. The van der Waals surface area contributed by atoms with E-state index in [1.807, 2.05) is 13.0 Å². The molecule has 1 aliphatic carbocycles. The number of aliphatic hydroxyl groups excluding tert-OH is 1. The summed E-state index contributed by atoms with van der Waals surface area (Å²) in [6.45, 7) is 6.26. The van der Waals surface area contributed by atoms with Crippen molar-refractivity contribution in [2.24, 2.45) is 0 Å². The van der Waals surface area contributed by atoms with Crippen LogP contribution in [-0.4, -0.2) is 41.7 Å². The molecule has 1 amide bonds. The van der Waals surface area contributed by atoms with Gasteiger partial charge in [-0.15, -0.1) is 0 Å². The maximum absolute atomic E-state index is 12.4. The van der Waals surface area contributed by atoms with E-state index in [2.05, 4.69) is 26.0 Å². The topological polar surface area (TPSA) is 49.8 Å². The molecule has 1 N–H and O–H groups in total. The van der Waals surface area contributed by atoms with Crippen molar-refractivity contribution in [3.63, 3.8) is 0 Å². The first-order valence-electron chi connectivity index (χ1n) is 8.57. The number of carbonyl (C=O) groups excluding carboxylic acids is 1. The van der Waals surface area contributed by atoms with Crippen LogP contribution >= 0.6 is 0 Å². The van der Waals surface area contributed by atoms with Gasteiger partial charge in [0.15, 0.2) is 6.61 Å². The van der Waals surface area contributed by atoms with Gasteiger partial charge in [-0.3, -0.25) is 4.79 Å². The molecule has 2 atom stereocenters. The van der Waals surface area contributed by atoms with E-state index in [4.69, 9.17) is 4.74 Å². The Balaban J connectivity index is 2.00. The van der Waals surface area contributed by atoms with Crippen LogP contribution in [-0.2, 0) is 4.79 Å². The Kier molecular flexibility index (Phi) is 6.05. The summed E-state index contributed by atoms with van der Waals surface area (Å²) in [4.78, 5) is 14.1. The molecule has 0 radical (unpaired) electrons. The van der Waals surface area contributed by atoms with Gasteiger partial charge in [0.2, 0.25) is 0 Å². The van der Waals surface area contributed by atoms with E-state index in [0.29, 0.717) is 5.92 Å². The molecular weight excluding hydrogens is 290 g/mol. The molecule has 23 heavy (non-hydrogen) atoms. The Morgan fingerprint density at radius 1 is 1.35 bits per heavy atom. The number of nitrogens with zero attached hydrogens (tertiary/aromatic N) is 1. The number of aryl methyl sites for hydroxylation is 1. The van der Waals surface area contributed by atoms with E-state index < -0.39 is 6.10 Å². The summed E-state index contributed by atoms with van der Waals surface area (Å²) in [5.74, 6) is 1.05. The summed E-state index contributed by atoms with van der Waals surface area (Å²) >= 11 is 0. The molecule has 4 heteroatoms. The van der Waals surface area contributed by atoms with E-state index in [1.54, 1.807) is 11.9 Å². The smallest absolute Gasteiger partial charge is 0.260 e. The number of aliphatic hydroxyl groups is 1. The highest BCUT2D eigenvalue weighted by Gasteiger charge is 2.29. The van der Waals surface area contributed by atoms with Gasteiger partial charge < -0.3 is 14.7 Å². The number of likely N-dealkylation sites (N-methyl/N-ethyl adjacent to an activating group) is 1. The molecule has 2 rings (SSSR count). The van der Waals surface area contributed by atoms with E-state index in [1.165, 1.54) is 0 Å². The first kappa shape index (κ1) is 17.8. The second-order valence-corrected chi connectivity index (χ2v) is 6.91. The number of amides is 1. The number of hydrogen-bond acceptors (Lipinski definition) is 3. The SMILES string of the molecule is Cc1ccc(C(C)C)c(OCC(=O)N(C)[C@@H]2CCCC[C@H]2O)c1. The minimum absolute atomic E-state index is 0.0168. The Labute approximate surface area is 139 Å². The van der Waals surface area contributed by atoms with E-state index in [9.17, 15) is 9.90 Å². The van der Waals surface area contributed by atoms with Crippen molar-refractivity contribution in [2.45, 2.75) is 64.5 Å². The van der Waals surface area contributed by atoms with Crippen LogP contribution in [0, 0.1) is 6.92 Å². The minimum atomic E-state index is -0.414. The van der Waals surface area contributed by atoms with Gasteiger partial charge in [0.05, 0.1) is 12.1 Å². The van der Waals surface area contributed by atoms with Crippen LogP contribution in [0.2, 0.25) is 0 Å². The average Bonchev–Trinajstić information content (AvgIpc) is 2.52. The van der Waals surface area contributed by atoms with Crippen molar-refractivity contribution in [3.8, 4) is 5.75 Å². The molecule has 0 spiro atoms. The zero-order chi connectivity index (χ0) is 17.0. The largest absolute Gasteiger partial charge is 0.483 e. The molecule has 4 nitrogen and oxygen atoms in total. The maximum Gasteiger partial charge on any atom is 0.260 e.